The zero-order chi connectivity index (χ0) is 60.4. The molecule has 0 rings (SSSR count). The molecule has 19 heteroatoms. The molecule has 17 nitrogen and oxygen atoms in total. The van der Waals surface area contributed by atoms with E-state index in [1.807, 2.05) is 0 Å². The van der Waals surface area contributed by atoms with Crippen LogP contribution in [0.2, 0.25) is 0 Å². The van der Waals surface area contributed by atoms with Crippen LogP contribution in [0.15, 0.2) is 0 Å². The highest BCUT2D eigenvalue weighted by atomic mass is 31.2. The van der Waals surface area contributed by atoms with Crippen molar-refractivity contribution in [2.24, 2.45) is 23.7 Å². The fourth-order valence-corrected chi connectivity index (χ4v) is 10.6. The first-order valence-corrected chi connectivity index (χ1v) is 35.3. The van der Waals surface area contributed by atoms with Gasteiger partial charge in [0.25, 0.3) is 0 Å². The van der Waals surface area contributed by atoms with Gasteiger partial charge in [0.1, 0.15) is 19.3 Å². The second kappa shape index (κ2) is 52.4. The fourth-order valence-electron chi connectivity index (χ4n) is 8.98. The largest absolute Gasteiger partial charge is 0.472 e. The molecule has 0 saturated carbocycles. The summed E-state index contributed by atoms with van der Waals surface area (Å²) < 4.78 is 67.9. The molecule has 0 aromatic rings. The molecule has 0 aliphatic heterocycles. The average molecular weight is 1200 g/mol. The number of hydrogen-bond acceptors (Lipinski definition) is 15. The summed E-state index contributed by atoms with van der Waals surface area (Å²) in [5.41, 5.74) is 0. The Bertz CT molecular complexity index is 1630. The van der Waals surface area contributed by atoms with Crippen LogP contribution < -0.4 is 0 Å². The molecule has 0 bridgehead atoms. The molecule has 5 unspecified atom stereocenters. The number of esters is 4. The van der Waals surface area contributed by atoms with E-state index in [4.69, 9.17) is 37.0 Å². The third kappa shape index (κ3) is 53.3. The Hall–Kier alpha value is -1.94. The zero-order valence-electron chi connectivity index (χ0n) is 52.4. The van der Waals surface area contributed by atoms with Gasteiger partial charge in [-0.1, -0.05) is 242 Å². The summed E-state index contributed by atoms with van der Waals surface area (Å²) >= 11 is 0. The van der Waals surface area contributed by atoms with Crippen LogP contribution in [0, 0.1) is 23.7 Å². The first-order chi connectivity index (χ1) is 38.7. The molecule has 0 aromatic heterocycles. The number of rotatable bonds is 59. The Morgan fingerprint density at radius 1 is 0.346 bits per heavy atom. The van der Waals surface area contributed by atoms with Crippen LogP contribution in [0.5, 0.6) is 0 Å². The molecule has 0 aromatic carbocycles. The van der Waals surface area contributed by atoms with Gasteiger partial charge in [-0.05, 0) is 49.4 Å². The van der Waals surface area contributed by atoms with Crippen LogP contribution >= 0.6 is 15.6 Å². The van der Waals surface area contributed by atoms with Crippen molar-refractivity contribution in [1.29, 1.82) is 0 Å². The summed E-state index contributed by atoms with van der Waals surface area (Å²) in [5, 5.41) is 10.5. The molecule has 81 heavy (non-hydrogen) atoms. The first kappa shape index (κ1) is 79.1. The maximum Gasteiger partial charge on any atom is 0.472 e. The number of carbonyl (C=O) groups is 4. The molecule has 480 valence electrons. The van der Waals surface area contributed by atoms with Gasteiger partial charge in [-0.15, -0.1) is 0 Å². The highest BCUT2D eigenvalue weighted by molar-refractivity contribution is 7.47. The Labute approximate surface area is 492 Å². The normalized spacial score (nSPS) is 15.5. The minimum atomic E-state index is -4.94. The van der Waals surface area contributed by atoms with Gasteiger partial charge in [-0.2, -0.15) is 0 Å². The van der Waals surface area contributed by atoms with E-state index < -0.39 is 97.5 Å². The van der Waals surface area contributed by atoms with Crippen molar-refractivity contribution in [1.82, 2.24) is 0 Å². The second-order valence-corrected chi connectivity index (χ2v) is 26.6. The van der Waals surface area contributed by atoms with Crippen LogP contribution in [-0.2, 0) is 65.4 Å². The van der Waals surface area contributed by atoms with Crippen LogP contribution in [0.4, 0.5) is 0 Å². The van der Waals surface area contributed by atoms with Crippen LogP contribution in [0.3, 0.4) is 0 Å². The van der Waals surface area contributed by atoms with Crippen molar-refractivity contribution in [2.45, 2.75) is 311 Å². The molecule has 0 aliphatic carbocycles. The van der Waals surface area contributed by atoms with E-state index in [2.05, 4.69) is 55.4 Å². The molecule has 0 aliphatic rings. The van der Waals surface area contributed by atoms with Crippen molar-refractivity contribution in [3.8, 4) is 0 Å². The Kier molecular flexibility index (Phi) is 51.1. The molecule has 0 amide bonds. The van der Waals surface area contributed by atoms with Gasteiger partial charge in [0.2, 0.25) is 0 Å². The summed E-state index contributed by atoms with van der Waals surface area (Å²) in [6.07, 6.45) is 30.9. The lowest BCUT2D eigenvalue weighted by atomic mass is 9.99. The van der Waals surface area contributed by atoms with E-state index in [9.17, 15) is 43.2 Å². The molecule has 0 spiro atoms. The molecule has 0 radical (unpaired) electrons. The third-order valence-corrected chi connectivity index (χ3v) is 17.1. The summed E-state index contributed by atoms with van der Waals surface area (Å²) in [6, 6.07) is 0. The lowest BCUT2D eigenvalue weighted by Crippen LogP contribution is -2.30. The lowest BCUT2D eigenvalue weighted by Gasteiger charge is -2.21. The van der Waals surface area contributed by atoms with E-state index in [0.29, 0.717) is 31.6 Å². The molecular weight excluding hydrogens is 1080 g/mol. The van der Waals surface area contributed by atoms with Gasteiger partial charge in [0.15, 0.2) is 12.2 Å². The molecule has 0 fully saturated rings. The number of hydrogen-bond donors (Lipinski definition) is 3. The van der Waals surface area contributed by atoms with E-state index in [-0.39, 0.29) is 25.7 Å². The smallest absolute Gasteiger partial charge is 0.462 e. The summed E-state index contributed by atoms with van der Waals surface area (Å²) in [4.78, 5) is 72.1. The number of phosphoric acid groups is 2. The number of carbonyl (C=O) groups excluding carboxylic acids is 4. The van der Waals surface area contributed by atoms with Crippen molar-refractivity contribution in [2.75, 3.05) is 39.6 Å². The topological polar surface area (TPSA) is 237 Å². The monoisotopic (exact) mass is 1200 g/mol. The molecule has 0 heterocycles. The van der Waals surface area contributed by atoms with Crippen LogP contribution in [0.25, 0.3) is 0 Å². The molecule has 0 saturated heterocycles. The summed E-state index contributed by atoms with van der Waals surface area (Å²) in [7, 11) is -9.89. The van der Waals surface area contributed by atoms with Gasteiger partial charge in [-0.25, -0.2) is 9.13 Å². The molecular formula is C62H120O17P2. The van der Waals surface area contributed by atoms with Crippen molar-refractivity contribution >= 4 is 39.5 Å². The quantitative estimate of drug-likeness (QED) is 0.0222. The van der Waals surface area contributed by atoms with Gasteiger partial charge < -0.3 is 33.8 Å². The van der Waals surface area contributed by atoms with Gasteiger partial charge in [0, 0.05) is 25.7 Å². The van der Waals surface area contributed by atoms with Gasteiger partial charge >= 0.3 is 39.5 Å². The second-order valence-electron chi connectivity index (χ2n) is 23.6. The van der Waals surface area contributed by atoms with Crippen molar-refractivity contribution in [3.05, 3.63) is 0 Å². The number of aliphatic hydroxyl groups excluding tert-OH is 1. The first-order valence-electron chi connectivity index (χ1n) is 32.3. The fraction of sp³-hybridized carbons (Fsp3) is 0.935. The number of aliphatic hydroxyl groups is 1. The number of ether oxygens (including phenoxy) is 4. The van der Waals surface area contributed by atoms with Crippen LogP contribution in [-0.4, -0.2) is 96.7 Å². The van der Waals surface area contributed by atoms with E-state index in [0.717, 1.165) is 120 Å². The highest BCUT2D eigenvalue weighted by Crippen LogP contribution is 2.45. The average Bonchev–Trinajstić information content (AvgIpc) is 3.43. The predicted octanol–water partition coefficient (Wildman–Crippen LogP) is 16.6. The third-order valence-electron chi connectivity index (χ3n) is 15.2. The minimum absolute atomic E-state index is 0.101. The SMILES string of the molecule is CCC(C)CCCCCCCCCCC(=O)O[C@H](COC(=O)CCCCCCCCC(C)CC)COP(=O)(O)OC[C@H](O)COP(=O)(O)OC[C@@H](COC(=O)CCCCCCCCC(C)C)OC(=O)CCCCCCCCC(C)CC. The molecule has 8 atom stereocenters. The standard InChI is InChI=1S/C62H120O17P2/c1-9-53(6)39-31-23-14-12-13-15-28-36-44-61(66)78-57(48-73-60(65)43-35-27-20-17-24-32-40-54(7)10-2)50-76-80(68,69)74-46-56(63)47-75-81(70,71)77-51-58(49-72-59(64)42-34-26-19-16-22-30-38-52(4)5)79-62(67)45-37-29-21-18-25-33-41-55(8)11-3/h52-58,63H,9-51H2,1-8H3,(H,68,69)(H,70,71)/t53?,54?,55?,56-,57+,58+/m0/s1. The Morgan fingerprint density at radius 2 is 0.593 bits per heavy atom. The van der Waals surface area contributed by atoms with Gasteiger partial charge in [-0.3, -0.25) is 37.3 Å². The number of phosphoric ester groups is 2. The Morgan fingerprint density at radius 3 is 0.877 bits per heavy atom. The predicted molar refractivity (Wildman–Crippen MR) is 321 cm³/mol. The zero-order valence-corrected chi connectivity index (χ0v) is 54.2. The van der Waals surface area contributed by atoms with Crippen LogP contribution in [0.1, 0.15) is 293 Å². The minimum Gasteiger partial charge on any atom is -0.462 e. The summed E-state index contributed by atoms with van der Waals surface area (Å²) in [6.45, 7) is 13.9. The van der Waals surface area contributed by atoms with Gasteiger partial charge in [0.05, 0.1) is 26.4 Å². The molecule has 3 N–H and O–H groups in total. The van der Waals surface area contributed by atoms with E-state index in [1.165, 1.54) is 83.5 Å². The maximum absolute atomic E-state index is 13.0. The summed E-state index contributed by atoms with van der Waals surface area (Å²) in [5.74, 6) is 0.753. The van der Waals surface area contributed by atoms with Crippen molar-refractivity contribution in [3.63, 3.8) is 0 Å². The van der Waals surface area contributed by atoms with E-state index >= 15 is 0 Å². The number of unbranched alkanes of at least 4 members (excludes halogenated alkanes) is 22. The highest BCUT2D eigenvalue weighted by Gasteiger charge is 2.30. The maximum atomic E-state index is 13.0. The van der Waals surface area contributed by atoms with E-state index in [1.54, 1.807) is 0 Å². The lowest BCUT2D eigenvalue weighted by molar-refractivity contribution is -0.161. The van der Waals surface area contributed by atoms with Crippen molar-refractivity contribution < 1.29 is 80.2 Å². The Balaban J connectivity index is 5.27.